The lowest BCUT2D eigenvalue weighted by molar-refractivity contribution is 0.364. The van der Waals surface area contributed by atoms with Crippen LogP contribution in [0.5, 0.6) is 0 Å². The summed E-state index contributed by atoms with van der Waals surface area (Å²) in [7, 11) is 0. The Morgan fingerprint density at radius 2 is 1.85 bits per heavy atom. The molecule has 0 amide bonds. The van der Waals surface area contributed by atoms with Crippen molar-refractivity contribution in [1.29, 1.82) is 0 Å². The molecule has 2 atom stereocenters. The van der Waals surface area contributed by atoms with Crippen LogP contribution >= 0.6 is 0 Å². The van der Waals surface area contributed by atoms with Gasteiger partial charge >= 0.3 is 0 Å². The first kappa shape index (κ1) is 12.7. The summed E-state index contributed by atoms with van der Waals surface area (Å²) >= 11 is 0. The summed E-state index contributed by atoms with van der Waals surface area (Å²) in [6, 6.07) is 0. The van der Waals surface area contributed by atoms with Crippen molar-refractivity contribution in [2.45, 2.75) is 59.3 Å². The van der Waals surface area contributed by atoms with Crippen LogP contribution < -0.4 is 0 Å². The molecule has 0 aromatic rings. The smallest absolute Gasteiger partial charge is 0.0236 e. The predicted molar refractivity (Wildman–Crippen MR) is 61.9 cm³/mol. The fourth-order valence-electron chi connectivity index (χ4n) is 1.86. The quantitative estimate of drug-likeness (QED) is 0.373. The van der Waals surface area contributed by atoms with Gasteiger partial charge in [-0.05, 0) is 18.3 Å². The van der Waals surface area contributed by atoms with Gasteiger partial charge in [0.25, 0.3) is 0 Å². The molecule has 0 heteroatoms. The molecule has 0 saturated heterocycles. The zero-order chi connectivity index (χ0) is 10.1. The molecule has 13 heavy (non-hydrogen) atoms. The lowest BCUT2D eigenvalue weighted by Gasteiger charge is -2.19. The van der Waals surface area contributed by atoms with Crippen molar-refractivity contribution >= 4 is 0 Å². The van der Waals surface area contributed by atoms with E-state index in [1.165, 1.54) is 38.5 Å². The molecule has 0 spiro atoms. The van der Waals surface area contributed by atoms with Gasteiger partial charge in [0.05, 0.1) is 0 Å². The molecule has 0 heterocycles. The first-order valence-electron chi connectivity index (χ1n) is 5.88. The van der Waals surface area contributed by atoms with Crippen molar-refractivity contribution in [3.63, 3.8) is 0 Å². The Kier molecular flexibility index (Phi) is 8.18. The highest BCUT2D eigenvalue weighted by molar-refractivity contribution is 4.80. The van der Waals surface area contributed by atoms with Gasteiger partial charge in [0.15, 0.2) is 0 Å². The van der Waals surface area contributed by atoms with Crippen molar-refractivity contribution in [3.05, 3.63) is 12.7 Å². The molecule has 0 saturated carbocycles. The average Bonchev–Trinajstić information content (AvgIpc) is 2.17. The third kappa shape index (κ3) is 5.90. The van der Waals surface area contributed by atoms with Gasteiger partial charge in [-0.15, -0.1) is 6.58 Å². The molecule has 0 bridgehead atoms. The minimum Gasteiger partial charge on any atom is -0.103 e. The first-order chi connectivity index (χ1) is 6.26. The van der Waals surface area contributed by atoms with Crippen LogP contribution in [0, 0.1) is 11.8 Å². The van der Waals surface area contributed by atoms with Gasteiger partial charge in [-0.2, -0.15) is 0 Å². The Morgan fingerprint density at radius 1 is 1.15 bits per heavy atom. The fourth-order valence-corrected chi connectivity index (χ4v) is 1.86. The van der Waals surface area contributed by atoms with Crippen molar-refractivity contribution in [2.24, 2.45) is 11.8 Å². The third-order valence-electron chi connectivity index (χ3n) is 3.07. The van der Waals surface area contributed by atoms with Gasteiger partial charge in [0.2, 0.25) is 0 Å². The van der Waals surface area contributed by atoms with E-state index in [0.29, 0.717) is 5.92 Å². The molecule has 0 aromatic heterocycles. The van der Waals surface area contributed by atoms with Crippen LogP contribution in [0.3, 0.4) is 0 Å². The number of unbranched alkanes of at least 4 members (excludes halogenated alkanes) is 3. The Hall–Kier alpha value is -0.260. The molecule has 0 rings (SSSR count). The third-order valence-corrected chi connectivity index (χ3v) is 3.07. The second-order valence-corrected chi connectivity index (χ2v) is 4.11. The zero-order valence-corrected chi connectivity index (χ0v) is 9.68. The van der Waals surface area contributed by atoms with Crippen LogP contribution in [0.1, 0.15) is 59.3 Å². The Labute approximate surface area is 84.4 Å². The van der Waals surface area contributed by atoms with Crippen molar-refractivity contribution in [1.82, 2.24) is 0 Å². The van der Waals surface area contributed by atoms with E-state index in [4.69, 9.17) is 0 Å². The van der Waals surface area contributed by atoms with Gasteiger partial charge < -0.3 is 0 Å². The summed E-state index contributed by atoms with van der Waals surface area (Å²) in [6.07, 6.45) is 10.4. The van der Waals surface area contributed by atoms with E-state index in [9.17, 15) is 0 Å². The van der Waals surface area contributed by atoms with E-state index in [1.807, 2.05) is 0 Å². The van der Waals surface area contributed by atoms with Crippen LogP contribution in [0.4, 0.5) is 0 Å². The summed E-state index contributed by atoms with van der Waals surface area (Å²) in [6.45, 7) is 10.7. The molecule has 2 unspecified atom stereocenters. The lowest BCUT2D eigenvalue weighted by atomic mass is 9.87. The van der Waals surface area contributed by atoms with Gasteiger partial charge in [-0.1, -0.05) is 59.0 Å². The van der Waals surface area contributed by atoms with E-state index < -0.39 is 0 Å². The maximum absolute atomic E-state index is 3.87. The first-order valence-corrected chi connectivity index (χ1v) is 5.88. The highest BCUT2D eigenvalue weighted by Gasteiger charge is 2.11. The van der Waals surface area contributed by atoms with E-state index in [0.717, 1.165) is 5.92 Å². The summed E-state index contributed by atoms with van der Waals surface area (Å²) < 4.78 is 0. The van der Waals surface area contributed by atoms with Gasteiger partial charge in [0.1, 0.15) is 0 Å². The second-order valence-electron chi connectivity index (χ2n) is 4.11. The van der Waals surface area contributed by atoms with Crippen molar-refractivity contribution in [2.75, 3.05) is 0 Å². The highest BCUT2D eigenvalue weighted by Crippen LogP contribution is 2.23. The standard InChI is InChI=1S/C13H26/c1-5-8-9-10-11-13(7-3)12(4)6-2/h6,12-13H,2,5,7-11H2,1,3-4H3. The molecule has 78 valence electrons. The molecular formula is C13H26. The number of hydrogen-bond donors (Lipinski definition) is 0. The Morgan fingerprint density at radius 3 is 2.31 bits per heavy atom. The molecule has 0 nitrogen and oxygen atoms in total. The monoisotopic (exact) mass is 182 g/mol. The van der Waals surface area contributed by atoms with Gasteiger partial charge in [-0.3, -0.25) is 0 Å². The van der Waals surface area contributed by atoms with E-state index >= 15 is 0 Å². The Balaban J connectivity index is 3.53. The fraction of sp³-hybridized carbons (Fsp3) is 0.846. The van der Waals surface area contributed by atoms with Crippen LogP contribution in [0.15, 0.2) is 12.7 Å². The topological polar surface area (TPSA) is 0 Å². The summed E-state index contributed by atoms with van der Waals surface area (Å²) in [5.41, 5.74) is 0. The molecule has 0 aromatic carbocycles. The maximum Gasteiger partial charge on any atom is -0.0236 e. The zero-order valence-electron chi connectivity index (χ0n) is 9.68. The molecule has 0 N–H and O–H groups in total. The van der Waals surface area contributed by atoms with Gasteiger partial charge in [0, 0.05) is 0 Å². The number of allylic oxidation sites excluding steroid dienone is 1. The van der Waals surface area contributed by atoms with E-state index in [1.54, 1.807) is 0 Å². The van der Waals surface area contributed by atoms with E-state index in [2.05, 4.69) is 33.4 Å². The highest BCUT2D eigenvalue weighted by atomic mass is 14.2. The molecule has 0 aliphatic carbocycles. The normalized spacial score (nSPS) is 15.3. The van der Waals surface area contributed by atoms with Crippen LogP contribution in [-0.4, -0.2) is 0 Å². The summed E-state index contributed by atoms with van der Waals surface area (Å²) in [4.78, 5) is 0. The SMILES string of the molecule is C=CC(C)C(CC)CCCCCC. The maximum atomic E-state index is 3.87. The largest absolute Gasteiger partial charge is 0.103 e. The summed E-state index contributed by atoms with van der Waals surface area (Å²) in [5.74, 6) is 1.57. The summed E-state index contributed by atoms with van der Waals surface area (Å²) in [5, 5.41) is 0. The molecule has 0 aliphatic rings. The van der Waals surface area contributed by atoms with Crippen LogP contribution in [0.25, 0.3) is 0 Å². The molecular weight excluding hydrogens is 156 g/mol. The van der Waals surface area contributed by atoms with E-state index in [-0.39, 0.29) is 0 Å². The van der Waals surface area contributed by atoms with Crippen LogP contribution in [-0.2, 0) is 0 Å². The number of hydrogen-bond acceptors (Lipinski definition) is 0. The minimum atomic E-state index is 0.701. The number of rotatable bonds is 8. The van der Waals surface area contributed by atoms with Crippen molar-refractivity contribution in [3.8, 4) is 0 Å². The minimum absolute atomic E-state index is 0.701. The average molecular weight is 182 g/mol. The van der Waals surface area contributed by atoms with Crippen LogP contribution in [0.2, 0.25) is 0 Å². The lowest BCUT2D eigenvalue weighted by Crippen LogP contribution is -2.08. The predicted octanol–water partition coefficient (Wildman–Crippen LogP) is 4.81. The van der Waals surface area contributed by atoms with Gasteiger partial charge in [-0.25, -0.2) is 0 Å². The molecule has 0 fully saturated rings. The Bertz CT molecular complexity index is 115. The molecule has 0 radical (unpaired) electrons. The second kappa shape index (κ2) is 8.34. The molecule has 0 aliphatic heterocycles. The van der Waals surface area contributed by atoms with Crippen molar-refractivity contribution < 1.29 is 0 Å².